The Bertz CT molecular complexity index is 468. The van der Waals surface area contributed by atoms with Crippen LogP contribution in [0.1, 0.15) is 0 Å². The summed E-state index contributed by atoms with van der Waals surface area (Å²) < 4.78 is 0. The summed E-state index contributed by atoms with van der Waals surface area (Å²) in [5, 5.41) is 22.6. The van der Waals surface area contributed by atoms with Crippen molar-refractivity contribution in [3.63, 3.8) is 0 Å². The molecule has 0 atom stereocenters. The predicted molar refractivity (Wildman–Crippen MR) is 71.0 cm³/mol. The Morgan fingerprint density at radius 1 is 0.955 bits per heavy atom. The molecule has 0 unspecified atom stereocenters. The summed E-state index contributed by atoms with van der Waals surface area (Å²) >= 11 is 0. The van der Waals surface area contributed by atoms with Crippen LogP contribution in [-0.2, 0) is 9.59 Å². The molecule has 0 spiro atoms. The van der Waals surface area contributed by atoms with Gasteiger partial charge in [0.05, 0.1) is 18.6 Å². The van der Waals surface area contributed by atoms with E-state index in [1.165, 1.54) is 0 Å². The minimum Gasteiger partial charge on any atom is -0.549 e. The number of hydrogen-bond acceptors (Lipinski definition) is 6. The van der Waals surface area contributed by atoms with Gasteiger partial charge in [0.1, 0.15) is 0 Å². The number of carboxylic acids is 2. The van der Waals surface area contributed by atoms with Crippen LogP contribution in [0.4, 0.5) is 0 Å². The van der Waals surface area contributed by atoms with Crippen LogP contribution in [0.2, 0.25) is 0 Å². The van der Waals surface area contributed by atoms with Gasteiger partial charge >= 0.3 is 59.1 Å². The molecule has 0 saturated carbocycles. The Hall–Kier alpha value is 0.510. The molecule has 0 amide bonds. The first-order chi connectivity index (χ1) is 9.54. The van der Waals surface area contributed by atoms with Gasteiger partial charge in [-0.2, -0.15) is 0 Å². The first-order valence-electron chi connectivity index (χ1n) is 6.19. The number of benzene rings is 1. The third kappa shape index (κ3) is 7.39. The number of rotatable bonds is 5. The van der Waals surface area contributed by atoms with Gasteiger partial charge in [-0.1, -0.05) is 30.3 Å². The van der Waals surface area contributed by atoms with Crippen molar-refractivity contribution in [2.75, 3.05) is 32.3 Å². The first-order valence-corrected chi connectivity index (χ1v) is 7.90. The smallest absolute Gasteiger partial charge is 0.549 e. The van der Waals surface area contributed by atoms with Crippen molar-refractivity contribution in [3.8, 4) is 0 Å². The number of aliphatic carboxylic acids is 2. The van der Waals surface area contributed by atoms with E-state index in [-0.39, 0.29) is 72.2 Å². The average Bonchev–Trinajstić information content (AvgIpc) is 2.38. The van der Waals surface area contributed by atoms with E-state index in [0.717, 1.165) is 5.30 Å². The van der Waals surface area contributed by atoms with Crippen molar-refractivity contribution in [1.82, 2.24) is 9.80 Å². The monoisotopic (exact) mass is 340 g/mol. The SMILES string of the molecule is O=C([O-])CN1CN(CC(=O)[O-])CP(c2ccccc2)C1.[Na+].[Na+]. The van der Waals surface area contributed by atoms with Gasteiger partial charge in [0.25, 0.3) is 0 Å². The molecule has 2 rings (SSSR count). The maximum atomic E-state index is 10.7. The molecule has 0 aliphatic carbocycles. The molecule has 1 aromatic carbocycles. The Morgan fingerprint density at radius 2 is 1.41 bits per heavy atom. The molecular formula is C13H15N2Na2O4P. The molecule has 0 aromatic heterocycles. The summed E-state index contributed by atoms with van der Waals surface area (Å²) in [6.07, 6.45) is 1.27. The first kappa shape index (κ1) is 22.5. The van der Waals surface area contributed by atoms with Crippen LogP contribution in [0.5, 0.6) is 0 Å². The zero-order valence-electron chi connectivity index (χ0n) is 12.9. The fourth-order valence-corrected chi connectivity index (χ4v) is 4.62. The number of nitrogens with zero attached hydrogens (tertiary/aromatic N) is 2. The Labute approximate surface area is 175 Å². The van der Waals surface area contributed by atoms with E-state index in [9.17, 15) is 19.8 Å². The van der Waals surface area contributed by atoms with Crippen LogP contribution in [0.3, 0.4) is 0 Å². The third-order valence-corrected chi connectivity index (χ3v) is 5.48. The molecule has 1 aliphatic rings. The molecule has 0 N–H and O–H groups in total. The van der Waals surface area contributed by atoms with Crippen LogP contribution < -0.4 is 74.6 Å². The van der Waals surface area contributed by atoms with Gasteiger partial charge in [-0.25, -0.2) is 0 Å². The summed E-state index contributed by atoms with van der Waals surface area (Å²) in [6, 6.07) is 9.76. The summed E-state index contributed by atoms with van der Waals surface area (Å²) in [7, 11) is -0.637. The fourth-order valence-electron chi connectivity index (χ4n) is 2.27. The van der Waals surface area contributed by atoms with Gasteiger partial charge in [0.2, 0.25) is 0 Å². The molecule has 1 saturated heterocycles. The van der Waals surface area contributed by atoms with Gasteiger partial charge in [-0.15, -0.1) is 0 Å². The van der Waals surface area contributed by atoms with Crippen LogP contribution in [0.25, 0.3) is 0 Å². The largest absolute Gasteiger partial charge is 1.00 e. The van der Waals surface area contributed by atoms with E-state index in [2.05, 4.69) is 0 Å². The molecule has 1 heterocycles. The van der Waals surface area contributed by atoms with E-state index in [4.69, 9.17) is 0 Å². The zero-order valence-corrected chi connectivity index (χ0v) is 17.8. The van der Waals surface area contributed by atoms with Crippen molar-refractivity contribution in [1.29, 1.82) is 0 Å². The van der Waals surface area contributed by atoms with Crippen molar-refractivity contribution < 1.29 is 78.9 Å². The van der Waals surface area contributed by atoms with Crippen LogP contribution in [0.15, 0.2) is 30.3 Å². The molecule has 0 bridgehead atoms. The number of carbonyl (C=O) groups excluding carboxylic acids is 2. The zero-order chi connectivity index (χ0) is 14.5. The average molecular weight is 340 g/mol. The van der Waals surface area contributed by atoms with Crippen molar-refractivity contribution in [2.24, 2.45) is 0 Å². The summed E-state index contributed by atoms with van der Waals surface area (Å²) in [6.45, 7) is -0.0575. The topological polar surface area (TPSA) is 86.7 Å². The van der Waals surface area contributed by atoms with E-state index in [1.54, 1.807) is 9.80 Å². The van der Waals surface area contributed by atoms with Gasteiger partial charge in [0, 0.05) is 25.7 Å². The van der Waals surface area contributed by atoms with Gasteiger partial charge in [0.15, 0.2) is 0 Å². The Balaban J connectivity index is 0.00000220. The van der Waals surface area contributed by atoms with E-state index in [0.29, 0.717) is 19.2 Å². The number of carbonyl (C=O) groups is 2. The van der Waals surface area contributed by atoms with Crippen molar-refractivity contribution in [3.05, 3.63) is 30.3 Å². The second kappa shape index (κ2) is 11.1. The molecule has 9 heteroatoms. The number of carboxylic acid groups (broad SMARTS) is 2. The van der Waals surface area contributed by atoms with Crippen LogP contribution in [0, 0.1) is 0 Å². The van der Waals surface area contributed by atoms with Crippen molar-refractivity contribution >= 4 is 25.2 Å². The molecule has 22 heavy (non-hydrogen) atoms. The molecule has 1 fully saturated rings. The number of hydrogen-bond donors (Lipinski definition) is 0. The Kier molecular flexibility index (Phi) is 11.4. The summed E-state index contributed by atoms with van der Waals surface area (Å²) in [5.74, 6) is -2.30. The second-order valence-electron chi connectivity index (χ2n) is 4.70. The fraction of sp³-hybridized carbons (Fsp3) is 0.385. The van der Waals surface area contributed by atoms with Gasteiger partial charge in [-0.05, 0) is 13.2 Å². The van der Waals surface area contributed by atoms with Gasteiger partial charge in [-0.3, -0.25) is 9.80 Å². The maximum Gasteiger partial charge on any atom is 1.00 e. The molecule has 108 valence electrons. The maximum absolute atomic E-state index is 10.7. The van der Waals surface area contributed by atoms with E-state index >= 15 is 0 Å². The Morgan fingerprint density at radius 3 is 1.82 bits per heavy atom. The standard InChI is InChI=1S/C13H17N2O4P.2Na/c16-12(17)6-14-8-15(7-13(18)19)10-20(9-14)11-4-2-1-3-5-11;;/h1-5H,6-10H2,(H,16,17)(H,18,19);;/q;2*+1/p-2. The summed E-state index contributed by atoms with van der Waals surface area (Å²) in [5.41, 5.74) is 0. The molecule has 0 radical (unpaired) electrons. The minimum absolute atomic E-state index is 0. The van der Waals surface area contributed by atoms with E-state index < -0.39 is 19.9 Å². The third-order valence-electron chi connectivity index (χ3n) is 2.97. The molecule has 1 aromatic rings. The van der Waals surface area contributed by atoms with Crippen LogP contribution >= 0.6 is 7.92 Å². The normalized spacial score (nSPS) is 16.4. The second-order valence-corrected chi connectivity index (χ2v) is 6.86. The van der Waals surface area contributed by atoms with E-state index in [1.807, 2.05) is 30.3 Å². The summed E-state index contributed by atoms with van der Waals surface area (Å²) in [4.78, 5) is 24.9. The molecular weight excluding hydrogens is 325 g/mol. The van der Waals surface area contributed by atoms with Crippen molar-refractivity contribution in [2.45, 2.75) is 0 Å². The van der Waals surface area contributed by atoms with Crippen LogP contribution in [-0.4, -0.2) is 54.1 Å². The molecule has 1 aliphatic heterocycles. The quantitative estimate of drug-likeness (QED) is 0.391. The minimum atomic E-state index is -1.15. The molecule has 6 nitrogen and oxygen atoms in total. The van der Waals surface area contributed by atoms with Gasteiger partial charge < -0.3 is 19.8 Å². The predicted octanol–water partition coefficient (Wildman–Crippen LogP) is -8.21.